The molecule has 9 heteroatoms. The summed E-state index contributed by atoms with van der Waals surface area (Å²) in [6.45, 7) is 11.5. The number of amides is 3. The molecule has 34 heavy (non-hydrogen) atoms. The smallest absolute Gasteiger partial charge is 0.408 e. The van der Waals surface area contributed by atoms with Crippen LogP contribution in [0.5, 0.6) is 0 Å². The lowest BCUT2D eigenvalue weighted by Gasteiger charge is -2.33. The zero-order valence-corrected chi connectivity index (χ0v) is 21.3. The minimum atomic E-state index is -1.39. The molecule has 0 aliphatic carbocycles. The van der Waals surface area contributed by atoms with E-state index in [4.69, 9.17) is 4.74 Å². The van der Waals surface area contributed by atoms with Gasteiger partial charge in [-0.2, -0.15) is 5.26 Å². The highest BCUT2D eigenvalue weighted by Crippen LogP contribution is 2.25. The van der Waals surface area contributed by atoms with Gasteiger partial charge in [-0.3, -0.25) is 9.59 Å². The molecule has 0 spiro atoms. The van der Waals surface area contributed by atoms with Gasteiger partial charge in [-0.1, -0.05) is 42.7 Å². The van der Waals surface area contributed by atoms with Crippen molar-refractivity contribution < 1.29 is 24.2 Å². The predicted molar refractivity (Wildman–Crippen MR) is 129 cm³/mol. The van der Waals surface area contributed by atoms with E-state index in [1.807, 2.05) is 39.8 Å². The van der Waals surface area contributed by atoms with Crippen LogP contribution in [-0.2, 0) is 14.3 Å². The molecule has 1 aromatic carbocycles. The van der Waals surface area contributed by atoms with Crippen LogP contribution < -0.4 is 10.6 Å². The van der Waals surface area contributed by atoms with Crippen LogP contribution >= 0.6 is 0 Å². The van der Waals surface area contributed by atoms with Gasteiger partial charge in [0.25, 0.3) is 0 Å². The maximum Gasteiger partial charge on any atom is 0.408 e. The second kappa shape index (κ2) is 12.9. The Balaban J connectivity index is 3.41. The fourth-order valence-corrected chi connectivity index (χ4v) is 3.68. The van der Waals surface area contributed by atoms with E-state index in [0.717, 1.165) is 28.9 Å². The fourth-order valence-electron chi connectivity index (χ4n) is 3.68. The highest BCUT2D eigenvalue weighted by Gasteiger charge is 2.36. The Morgan fingerprint density at radius 3 is 2.21 bits per heavy atom. The molecule has 0 bridgehead atoms. The molecule has 0 aliphatic heterocycles. The van der Waals surface area contributed by atoms with Crippen molar-refractivity contribution in [3.63, 3.8) is 0 Å². The number of carbonyl (C=O) groups is 3. The molecule has 188 valence electrons. The maximum atomic E-state index is 13.4. The molecule has 0 heterocycles. The molecule has 3 atom stereocenters. The van der Waals surface area contributed by atoms with E-state index in [1.54, 1.807) is 32.9 Å². The summed E-state index contributed by atoms with van der Waals surface area (Å²) in [6, 6.07) is 4.79. The number of nitrogens with one attached hydrogen (secondary N) is 2. The molecule has 0 fully saturated rings. The third kappa shape index (κ3) is 9.02. The topological polar surface area (TPSA) is 132 Å². The van der Waals surface area contributed by atoms with Crippen molar-refractivity contribution >= 4 is 17.9 Å². The summed E-state index contributed by atoms with van der Waals surface area (Å²) in [7, 11) is 0. The number of alkyl carbamates (subject to hydrolysis) is 1. The van der Waals surface area contributed by atoms with Crippen LogP contribution in [0, 0.1) is 25.2 Å². The van der Waals surface area contributed by atoms with Crippen LogP contribution in [0.1, 0.15) is 70.2 Å². The number of aliphatic hydroxyl groups excluding tert-OH is 1. The molecule has 0 saturated carbocycles. The molecular formula is C25H38N4O5. The normalized spacial score (nSPS) is 13.7. The van der Waals surface area contributed by atoms with Gasteiger partial charge >= 0.3 is 6.09 Å². The van der Waals surface area contributed by atoms with Gasteiger partial charge in [-0.05, 0) is 53.5 Å². The number of hydrogen-bond donors (Lipinski definition) is 3. The monoisotopic (exact) mass is 474 g/mol. The van der Waals surface area contributed by atoms with Crippen molar-refractivity contribution in [1.29, 1.82) is 5.26 Å². The SMILES string of the molecule is CCCC(C)NC(=O)C(c1cc(C)cc(C)c1)N(CC#N)C(=O)C(CO)NC(=O)OC(C)(C)C. The lowest BCUT2D eigenvalue weighted by molar-refractivity contribution is -0.142. The summed E-state index contributed by atoms with van der Waals surface area (Å²) in [5.41, 5.74) is 1.51. The molecule has 0 aliphatic rings. The largest absolute Gasteiger partial charge is 0.444 e. The van der Waals surface area contributed by atoms with E-state index in [2.05, 4.69) is 10.6 Å². The van der Waals surface area contributed by atoms with E-state index >= 15 is 0 Å². The Hall–Kier alpha value is -3.12. The minimum absolute atomic E-state index is 0.140. The van der Waals surface area contributed by atoms with Crippen molar-refractivity contribution in [3.8, 4) is 6.07 Å². The van der Waals surface area contributed by atoms with Gasteiger partial charge in [0.1, 0.15) is 24.2 Å². The van der Waals surface area contributed by atoms with Crippen molar-refractivity contribution in [2.45, 2.75) is 85.0 Å². The summed E-state index contributed by atoms with van der Waals surface area (Å²) in [5.74, 6) is -1.21. The first-order valence-corrected chi connectivity index (χ1v) is 11.5. The second-order valence-corrected chi connectivity index (χ2v) is 9.53. The highest BCUT2D eigenvalue weighted by atomic mass is 16.6. The molecule has 9 nitrogen and oxygen atoms in total. The van der Waals surface area contributed by atoms with Crippen LogP contribution in [0.25, 0.3) is 0 Å². The van der Waals surface area contributed by atoms with Gasteiger partial charge in [0, 0.05) is 6.04 Å². The van der Waals surface area contributed by atoms with Crippen molar-refractivity contribution in [2.75, 3.05) is 13.2 Å². The Morgan fingerprint density at radius 1 is 1.15 bits per heavy atom. The van der Waals surface area contributed by atoms with E-state index in [0.29, 0.717) is 5.56 Å². The van der Waals surface area contributed by atoms with Crippen molar-refractivity contribution in [1.82, 2.24) is 15.5 Å². The molecule has 3 amide bonds. The number of carbonyl (C=O) groups excluding carboxylic acids is 3. The van der Waals surface area contributed by atoms with Crippen LogP contribution in [0.2, 0.25) is 0 Å². The van der Waals surface area contributed by atoms with E-state index < -0.39 is 48.7 Å². The summed E-state index contributed by atoms with van der Waals surface area (Å²) in [5, 5.41) is 24.6. The number of hydrogen-bond acceptors (Lipinski definition) is 6. The zero-order chi connectivity index (χ0) is 26.1. The number of ether oxygens (including phenoxy) is 1. The van der Waals surface area contributed by atoms with Gasteiger partial charge < -0.3 is 25.4 Å². The fraction of sp³-hybridized carbons (Fsp3) is 0.600. The summed E-state index contributed by atoms with van der Waals surface area (Å²) >= 11 is 0. The zero-order valence-electron chi connectivity index (χ0n) is 21.3. The number of aliphatic hydroxyl groups is 1. The van der Waals surface area contributed by atoms with Crippen LogP contribution in [0.15, 0.2) is 18.2 Å². The average Bonchev–Trinajstić information content (AvgIpc) is 2.69. The Labute approximate surface area is 202 Å². The molecule has 0 aromatic heterocycles. The van der Waals surface area contributed by atoms with Gasteiger partial charge in [0.05, 0.1) is 12.7 Å². The van der Waals surface area contributed by atoms with Crippen LogP contribution in [-0.4, -0.2) is 58.8 Å². The Morgan fingerprint density at radius 2 is 1.74 bits per heavy atom. The first-order valence-electron chi connectivity index (χ1n) is 11.5. The van der Waals surface area contributed by atoms with Crippen molar-refractivity contribution in [3.05, 3.63) is 34.9 Å². The first-order chi connectivity index (χ1) is 15.8. The van der Waals surface area contributed by atoms with E-state index in [9.17, 15) is 24.8 Å². The molecule has 0 radical (unpaired) electrons. The highest BCUT2D eigenvalue weighted by molar-refractivity contribution is 5.92. The van der Waals surface area contributed by atoms with Gasteiger partial charge in [0.15, 0.2) is 0 Å². The third-order valence-corrected chi connectivity index (χ3v) is 4.93. The van der Waals surface area contributed by atoms with Gasteiger partial charge in [-0.15, -0.1) is 0 Å². The first kappa shape index (κ1) is 28.9. The van der Waals surface area contributed by atoms with Crippen LogP contribution in [0.3, 0.4) is 0 Å². The number of nitriles is 1. The number of rotatable bonds is 10. The standard InChI is InChI=1S/C25H38N4O5/c1-8-9-18(4)27-22(31)21(19-13-16(2)12-17(3)14-19)29(11-10-26)23(32)20(15-30)28-24(33)34-25(5,6)7/h12-14,18,20-21,30H,8-9,11,15H2,1-7H3,(H,27,31)(H,28,33). The predicted octanol–water partition coefficient (Wildman–Crippen LogP) is 2.89. The maximum absolute atomic E-state index is 13.4. The molecular weight excluding hydrogens is 436 g/mol. The van der Waals surface area contributed by atoms with E-state index in [1.165, 1.54) is 0 Å². The molecule has 0 saturated heterocycles. The van der Waals surface area contributed by atoms with Gasteiger partial charge in [-0.25, -0.2) is 4.79 Å². The summed E-state index contributed by atoms with van der Waals surface area (Å²) in [4.78, 5) is 40.2. The van der Waals surface area contributed by atoms with Crippen molar-refractivity contribution in [2.24, 2.45) is 0 Å². The number of nitrogens with zero attached hydrogens (tertiary/aromatic N) is 2. The lowest BCUT2D eigenvalue weighted by atomic mass is 9.98. The average molecular weight is 475 g/mol. The van der Waals surface area contributed by atoms with Gasteiger partial charge in [0.2, 0.25) is 11.8 Å². The Bertz CT molecular complexity index is 883. The molecule has 3 N–H and O–H groups in total. The minimum Gasteiger partial charge on any atom is -0.444 e. The third-order valence-electron chi connectivity index (χ3n) is 4.93. The lowest BCUT2D eigenvalue weighted by Crippen LogP contribution is -2.55. The van der Waals surface area contributed by atoms with Crippen LogP contribution in [0.4, 0.5) is 4.79 Å². The quantitative estimate of drug-likeness (QED) is 0.447. The molecule has 1 aromatic rings. The number of aryl methyl sites for hydroxylation is 2. The summed E-state index contributed by atoms with van der Waals surface area (Å²) < 4.78 is 5.19. The Kier molecular flexibility index (Phi) is 11.0. The molecule has 1 rings (SSSR count). The molecule has 3 unspecified atom stereocenters. The number of benzene rings is 1. The van der Waals surface area contributed by atoms with E-state index in [-0.39, 0.29) is 6.04 Å². The second-order valence-electron chi connectivity index (χ2n) is 9.53. The summed E-state index contributed by atoms with van der Waals surface area (Å²) in [6.07, 6.45) is 0.723.